The summed E-state index contributed by atoms with van der Waals surface area (Å²) in [6, 6.07) is 7.18. The number of rotatable bonds is 7. The highest BCUT2D eigenvalue weighted by Gasteiger charge is 2.56. The Hall–Kier alpha value is -3.20. The number of urea groups is 1. The molecule has 8 nitrogen and oxygen atoms in total. The van der Waals surface area contributed by atoms with E-state index in [1.54, 1.807) is 13.8 Å². The van der Waals surface area contributed by atoms with Crippen LogP contribution >= 0.6 is 11.3 Å². The fourth-order valence-electron chi connectivity index (χ4n) is 4.20. The molecule has 1 aliphatic carbocycles. The van der Waals surface area contributed by atoms with Gasteiger partial charge in [-0.25, -0.2) is 9.59 Å². The van der Waals surface area contributed by atoms with E-state index in [1.165, 1.54) is 11.3 Å². The van der Waals surface area contributed by atoms with Crippen LogP contribution in [0.2, 0.25) is 0 Å². The monoisotopic (exact) mass is 469 g/mol. The Morgan fingerprint density at radius 3 is 2.48 bits per heavy atom. The molecule has 1 unspecified atom stereocenters. The molecule has 9 heteroatoms. The fourth-order valence-corrected chi connectivity index (χ4v) is 5.29. The van der Waals surface area contributed by atoms with Crippen molar-refractivity contribution in [2.75, 3.05) is 18.5 Å². The van der Waals surface area contributed by atoms with E-state index in [0.29, 0.717) is 10.6 Å². The smallest absolute Gasteiger partial charge is 0.341 e. The van der Waals surface area contributed by atoms with Crippen LogP contribution in [0.4, 0.5) is 9.80 Å². The Morgan fingerprint density at radius 2 is 1.88 bits per heavy atom. The fraction of sp³-hybridized carbons (Fsp3) is 0.417. The van der Waals surface area contributed by atoms with Crippen molar-refractivity contribution < 1.29 is 23.9 Å². The van der Waals surface area contributed by atoms with Crippen molar-refractivity contribution in [1.29, 1.82) is 0 Å². The minimum absolute atomic E-state index is 0.106. The van der Waals surface area contributed by atoms with Crippen LogP contribution in [0.25, 0.3) is 11.1 Å². The molecule has 1 aromatic heterocycles. The molecule has 1 aromatic carbocycles. The number of anilines is 1. The van der Waals surface area contributed by atoms with Gasteiger partial charge in [-0.2, -0.15) is 0 Å². The number of thiophene rings is 1. The van der Waals surface area contributed by atoms with Crippen molar-refractivity contribution in [1.82, 2.24) is 10.2 Å². The number of carbonyl (C=O) groups excluding carboxylic acids is 4. The number of nitrogens with one attached hydrogen (secondary N) is 2. The molecule has 174 valence electrons. The van der Waals surface area contributed by atoms with Crippen LogP contribution in [0.3, 0.4) is 0 Å². The van der Waals surface area contributed by atoms with Crippen LogP contribution in [-0.4, -0.2) is 47.4 Å². The first-order valence-electron chi connectivity index (χ1n) is 11.0. The molecule has 2 aliphatic rings. The molecule has 33 heavy (non-hydrogen) atoms. The third-order valence-electron chi connectivity index (χ3n) is 6.15. The number of ether oxygens (including phenoxy) is 1. The first kappa shape index (κ1) is 23.0. The van der Waals surface area contributed by atoms with Crippen LogP contribution in [0.15, 0.2) is 24.3 Å². The van der Waals surface area contributed by atoms with Gasteiger partial charge in [0.1, 0.15) is 22.6 Å². The Labute approximate surface area is 196 Å². The lowest BCUT2D eigenvalue weighted by Gasteiger charge is -2.20. The topological polar surface area (TPSA) is 105 Å². The second kappa shape index (κ2) is 8.62. The molecule has 2 N–H and O–H groups in total. The van der Waals surface area contributed by atoms with Crippen molar-refractivity contribution in [3.05, 3.63) is 40.3 Å². The van der Waals surface area contributed by atoms with Crippen LogP contribution in [0, 0.1) is 19.8 Å². The molecule has 1 aliphatic heterocycles. The van der Waals surface area contributed by atoms with E-state index in [4.69, 9.17) is 4.74 Å². The summed E-state index contributed by atoms with van der Waals surface area (Å²) in [5.74, 6) is -1.38. The lowest BCUT2D eigenvalue weighted by atomic mass is 9.96. The van der Waals surface area contributed by atoms with Gasteiger partial charge < -0.3 is 15.4 Å². The van der Waals surface area contributed by atoms with E-state index < -0.39 is 35.9 Å². The van der Waals surface area contributed by atoms with Gasteiger partial charge in [0.2, 0.25) is 5.91 Å². The number of hydrogen-bond donors (Lipinski definition) is 2. The number of esters is 1. The summed E-state index contributed by atoms with van der Waals surface area (Å²) in [4.78, 5) is 52.7. The summed E-state index contributed by atoms with van der Waals surface area (Å²) in [6.45, 7) is 7.04. The quantitative estimate of drug-likeness (QED) is 0.473. The molecular weight excluding hydrogens is 442 g/mol. The molecule has 4 amide bonds. The molecule has 1 saturated heterocycles. The molecule has 0 radical (unpaired) electrons. The normalized spacial score (nSPS) is 20.1. The molecular formula is C24H27N3O5S. The Balaban J connectivity index is 1.60. The lowest BCUT2D eigenvalue weighted by Crippen LogP contribution is -2.46. The van der Waals surface area contributed by atoms with E-state index >= 15 is 0 Å². The molecule has 0 bridgehead atoms. The molecule has 0 spiro atoms. The van der Waals surface area contributed by atoms with Crippen LogP contribution in [-0.2, 0) is 14.3 Å². The second-order valence-corrected chi connectivity index (χ2v) is 9.89. The third-order valence-corrected chi connectivity index (χ3v) is 7.17. The number of carbonyl (C=O) groups is 4. The third kappa shape index (κ3) is 4.25. The van der Waals surface area contributed by atoms with Gasteiger partial charge in [0.25, 0.3) is 5.91 Å². The predicted octanol–water partition coefficient (Wildman–Crippen LogP) is 3.87. The van der Waals surface area contributed by atoms with Gasteiger partial charge in [-0.15, -0.1) is 11.3 Å². The van der Waals surface area contributed by atoms with Crippen LogP contribution in [0.5, 0.6) is 0 Å². The van der Waals surface area contributed by atoms with E-state index in [1.807, 2.05) is 38.1 Å². The van der Waals surface area contributed by atoms with Gasteiger partial charge in [0.05, 0.1) is 6.61 Å². The number of aryl methyl sites for hydroxylation is 2. The van der Waals surface area contributed by atoms with Gasteiger partial charge >= 0.3 is 12.0 Å². The zero-order valence-corrected chi connectivity index (χ0v) is 19.9. The first-order valence-corrected chi connectivity index (χ1v) is 11.8. The van der Waals surface area contributed by atoms with Crippen molar-refractivity contribution in [3.63, 3.8) is 0 Å². The highest BCUT2D eigenvalue weighted by molar-refractivity contribution is 7.17. The van der Waals surface area contributed by atoms with Gasteiger partial charge in [-0.1, -0.05) is 29.8 Å². The average molecular weight is 470 g/mol. The maximum absolute atomic E-state index is 12.9. The number of benzene rings is 1. The summed E-state index contributed by atoms with van der Waals surface area (Å²) in [7, 11) is 0. The van der Waals surface area contributed by atoms with Gasteiger partial charge in [-0.05, 0) is 52.0 Å². The maximum Gasteiger partial charge on any atom is 0.341 e. The summed E-state index contributed by atoms with van der Waals surface area (Å²) < 4.78 is 5.27. The van der Waals surface area contributed by atoms with Gasteiger partial charge in [-0.3, -0.25) is 14.5 Å². The first-order chi connectivity index (χ1) is 15.7. The van der Waals surface area contributed by atoms with E-state index in [9.17, 15) is 19.2 Å². The van der Waals surface area contributed by atoms with Crippen molar-refractivity contribution in [2.45, 2.75) is 46.1 Å². The number of hydrogen-bond acceptors (Lipinski definition) is 6. The van der Waals surface area contributed by atoms with Crippen molar-refractivity contribution >= 4 is 40.2 Å². The van der Waals surface area contributed by atoms with Crippen molar-refractivity contribution in [2.24, 2.45) is 5.92 Å². The Kier molecular flexibility index (Phi) is 6.00. The zero-order valence-electron chi connectivity index (χ0n) is 19.1. The van der Waals surface area contributed by atoms with E-state index in [0.717, 1.165) is 33.7 Å². The number of amides is 4. The molecule has 4 rings (SSSR count). The maximum atomic E-state index is 12.9. The van der Waals surface area contributed by atoms with Gasteiger partial charge in [0.15, 0.2) is 0 Å². The average Bonchev–Trinajstić information content (AvgIpc) is 3.53. The minimum Gasteiger partial charge on any atom is -0.462 e. The van der Waals surface area contributed by atoms with E-state index in [2.05, 4.69) is 10.6 Å². The van der Waals surface area contributed by atoms with Crippen LogP contribution < -0.4 is 10.6 Å². The zero-order chi connectivity index (χ0) is 23.9. The predicted molar refractivity (Wildman–Crippen MR) is 125 cm³/mol. The second-order valence-electron chi connectivity index (χ2n) is 8.67. The van der Waals surface area contributed by atoms with Crippen LogP contribution in [0.1, 0.15) is 47.5 Å². The highest BCUT2D eigenvalue weighted by atomic mass is 32.1. The SMILES string of the molecule is CCOC(=O)c1c(NC(=O)CN2C(=O)NC(C)(C3CC3)C2=O)sc(C)c1-c1ccc(C)cc1. The number of imide groups is 1. The van der Waals surface area contributed by atoms with Gasteiger partial charge in [0, 0.05) is 10.4 Å². The van der Waals surface area contributed by atoms with E-state index in [-0.39, 0.29) is 18.1 Å². The minimum atomic E-state index is -0.953. The Morgan fingerprint density at radius 1 is 1.21 bits per heavy atom. The molecule has 2 heterocycles. The summed E-state index contributed by atoms with van der Waals surface area (Å²) >= 11 is 1.26. The molecule has 2 aromatic rings. The highest BCUT2D eigenvalue weighted by Crippen LogP contribution is 2.43. The van der Waals surface area contributed by atoms with Crippen molar-refractivity contribution in [3.8, 4) is 11.1 Å². The standard InChI is InChI=1S/C24H27N3O5S/c1-5-32-21(29)19-18(15-8-6-13(2)7-9-15)14(3)33-20(19)25-17(28)12-27-22(30)24(4,16-10-11-16)26-23(27)31/h6-9,16H,5,10-12H2,1-4H3,(H,25,28)(H,26,31). The molecule has 1 saturated carbocycles. The summed E-state index contributed by atoms with van der Waals surface area (Å²) in [5, 5.41) is 5.81. The summed E-state index contributed by atoms with van der Waals surface area (Å²) in [5.41, 5.74) is 1.95. The largest absolute Gasteiger partial charge is 0.462 e. The molecule has 2 fully saturated rings. The number of nitrogens with zero attached hydrogens (tertiary/aromatic N) is 1. The lowest BCUT2D eigenvalue weighted by molar-refractivity contribution is -0.134. The Bertz CT molecular complexity index is 1140. The molecule has 1 atom stereocenters. The summed E-state index contributed by atoms with van der Waals surface area (Å²) in [6.07, 6.45) is 1.75.